The molecule has 0 spiro atoms. The fourth-order valence-corrected chi connectivity index (χ4v) is 3.25. The molecule has 1 aromatic rings. The van der Waals surface area contributed by atoms with Crippen LogP contribution in [0.25, 0.3) is 0 Å². The first-order valence-electron chi connectivity index (χ1n) is 6.24. The van der Waals surface area contributed by atoms with E-state index in [0.29, 0.717) is 40.1 Å². The monoisotopic (exact) mass is 344 g/mol. The van der Waals surface area contributed by atoms with Gasteiger partial charge >= 0.3 is 5.97 Å². The molecule has 1 fully saturated rings. The van der Waals surface area contributed by atoms with Crippen molar-refractivity contribution in [3.05, 3.63) is 16.1 Å². The summed E-state index contributed by atoms with van der Waals surface area (Å²) >= 11 is 3.40. The van der Waals surface area contributed by atoms with Crippen molar-refractivity contribution < 1.29 is 24.1 Å². The summed E-state index contributed by atoms with van der Waals surface area (Å²) in [5.74, 6) is 0.544. The van der Waals surface area contributed by atoms with Gasteiger partial charge in [-0.05, 0) is 28.8 Å². The second-order valence-electron chi connectivity index (χ2n) is 4.74. The third kappa shape index (κ3) is 2.02. The molecule has 6 heteroatoms. The Kier molecular flexibility index (Phi) is 4.13. The molecule has 1 N–H and O–H groups in total. The predicted octanol–water partition coefficient (Wildman–Crippen LogP) is 2.98. The molecule has 0 aliphatic heterocycles. The van der Waals surface area contributed by atoms with E-state index in [4.69, 9.17) is 14.2 Å². The first kappa shape index (κ1) is 15.0. The standard InChI is InChI=1S/C14H17BrO5/c1-18-9-7-8(15)11(19-2)10(12(9)20-3)14(13(16)17)5-4-6-14/h7H,4-6H2,1-3H3,(H,16,17). The summed E-state index contributed by atoms with van der Waals surface area (Å²) in [7, 11) is 4.54. The van der Waals surface area contributed by atoms with Crippen molar-refractivity contribution >= 4 is 21.9 Å². The molecule has 1 aliphatic carbocycles. The summed E-state index contributed by atoms with van der Waals surface area (Å²) in [6, 6.07) is 1.72. The zero-order chi connectivity index (χ0) is 14.9. The maximum absolute atomic E-state index is 11.8. The lowest BCUT2D eigenvalue weighted by atomic mass is 9.64. The molecule has 2 rings (SSSR count). The highest BCUT2D eigenvalue weighted by atomic mass is 79.9. The van der Waals surface area contributed by atoms with Crippen LogP contribution >= 0.6 is 15.9 Å². The van der Waals surface area contributed by atoms with Crippen LogP contribution in [0.15, 0.2) is 10.5 Å². The van der Waals surface area contributed by atoms with Crippen LogP contribution in [0.5, 0.6) is 17.2 Å². The van der Waals surface area contributed by atoms with Crippen molar-refractivity contribution in [1.82, 2.24) is 0 Å². The number of hydrogen-bond acceptors (Lipinski definition) is 4. The summed E-state index contributed by atoms with van der Waals surface area (Å²) in [5.41, 5.74) is -0.416. The molecule has 0 aromatic heterocycles. The summed E-state index contributed by atoms with van der Waals surface area (Å²) in [6.45, 7) is 0. The Hall–Kier alpha value is -1.43. The van der Waals surface area contributed by atoms with Gasteiger partial charge in [0.1, 0.15) is 11.2 Å². The Bertz CT molecular complexity index is 537. The van der Waals surface area contributed by atoms with E-state index in [2.05, 4.69) is 15.9 Å². The highest BCUT2D eigenvalue weighted by Crippen LogP contribution is 2.55. The summed E-state index contributed by atoms with van der Waals surface area (Å²) in [4.78, 5) is 11.8. The minimum absolute atomic E-state index is 0.426. The highest BCUT2D eigenvalue weighted by molar-refractivity contribution is 9.10. The maximum Gasteiger partial charge on any atom is 0.314 e. The molecule has 1 aromatic carbocycles. The number of hydrogen-bond donors (Lipinski definition) is 1. The lowest BCUT2D eigenvalue weighted by Crippen LogP contribution is -2.43. The fraction of sp³-hybridized carbons (Fsp3) is 0.500. The third-order valence-corrected chi connectivity index (χ3v) is 4.46. The van der Waals surface area contributed by atoms with Gasteiger partial charge in [0.25, 0.3) is 0 Å². The Morgan fingerprint density at radius 1 is 1.20 bits per heavy atom. The van der Waals surface area contributed by atoms with Crippen molar-refractivity contribution in [2.45, 2.75) is 24.7 Å². The van der Waals surface area contributed by atoms with Gasteiger partial charge in [-0.2, -0.15) is 0 Å². The Morgan fingerprint density at radius 2 is 1.80 bits per heavy atom. The van der Waals surface area contributed by atoms with Crippen LogP contribution < -0.4 is 14.2 Å². The Balaban J connectivity index is 2.77. The second-order valence-corrected chi connectivity index (χ2v) is 5.60. The molecule has 0 saturated heterocycles. The molecule has 1 saturated carbocycles. The molecule has 110 valence electrons. The zero-order valence-corrected chi connectivity index (χ0v) is 13.2. The van der Waals surface area contributed by atoms with Gasteiger partial charge in [-0.1, -0.05) is 6.42 Å². The molecule has 0 atom stereocenters. The van der Waals surface area contributed by atoms with Crippen molar-refractivity contribution in [3.8, 4) is 17.2 Å². The van der Waals surface area contributed by atoms with Gasteiger partial charge < -0.3 is 19.3 Å². The number of ether oxygens (including phenoxy) is 3. The number of carboxylic acid groups (broad SMARTS) is 1. The van der Waals surface area contributed by atoms with Crippen LogP contribution in [0.4, 0.5) is 0 Å². The number of methoxy groups -OCH3 is 3. The van der Waals surface area contributed by atoms with E-state index in [0.717, 1.165) is 6.42 Å². The van der Waals surface area contributed by atoms with E-state index in [1.807, 2.05) is 0 Å². The smallest absolute Gasteiger partial charge is 0.314 e. The maximum atomic E-state index is 11.8. The van der Waals surface area contributed by atoms with Crippen LogP contribution in [-0.2, 0) is 10.2 Å². The average molecular weight is 345 g/mol. The van der Waals surface area contributed by atoms with Gasteiger partial charge in [0.2, 0.25) is 0 Å². The summed E-state index contributed by atoms with van der Waals surface area (Å²) < 4.78 is 16.8. The molecule has 0 heterocycles. The van der Waals surface area contributed by atoms with Gasteiger partial charge in [0, 0.05) is 6.07 Å². The number of rotatable bonds is 5. The minimum atomic E-state index is -0.965. The zero-order valence-electron chi connectivity index (χ0n) is 11.7. The predicted molar refractivity (Wildman–Crippen MR) is 77.0 cm³/mol. The van der Waals surface area contributed by atoms with Gasteiger partial charge in [-0.25, -0.2) is 0 Å². The number of carboxylic acids is 1. The lowest BCUT2D eigenvalue weighted by Gasteiger charge is -2.40. The SMILES string of the molecule is COc1cc(Br)c(OC)c(C2(C(=O)O)CCC2)c1OC. The van der Waals surface area contributed by atoms with Crippen molar-refractivity contribution in [2.24, 2.45) is 0 Å². The second kappa shape index (κ2) is 5.52. The molecule has 5 nitrogen and oxygen atoms in total. The van der Waals surface area contributed by atoms with E-state index in [9.17, 15) is 9.90 Å². The molecule has 1 aliphatic rings. The number of halogens is 1. The van der Waals surface area contributed by atoms with Crippen LogP contribution in [0.2, 0.25) is 0 Å². The molecule has 0 bridgehead atoms. The fourth-order valence-electron chi connectivity index (χ4n) is 2.68. The summed E-state index contributed by atoms with van der Waals surface area (Å²) in [6.07, 6.45) is 2.00. The molecule has 0 amide bonds. The Labute approximate surface area is 126 Å². The highest BCUT2D eigenvalue weighted by Gasteiger charge is 2.50. The molecule has 0 radical (unpaired) electrons. The normalized spacial score (nSPS) is 16.2. The largest absolute Gasteiger partial charge is 0.495 e. The topological polar surface area (TPSA) is 65.0 Å². The number of carbonyl (C=O) groups is 1. The van der Waals surface area contributed by atoms with Crippen molar-refractivity contribution in [1.29, 1.82) is 0 Å². The van der Waals surface area contributed by atoms with Gasteiger partial charge in [-0.15, -0.1) is 0 Å². The van der Waals surface area contributed by atoms with Crippen LogP contribution in [0.3, 0.4) is 0 Å². The first-order valence-corrected chi connectivity index (χ1v) is 7.03. The molecular formula is C14H17BrO5. The van der Waals surface area contributed by atoms with E-state index in [1.54, 1.807) is 6.07 Å². The summed E-state index contributed by atoms with van der Waals surface area (Å²) in [5, 5.41) is 9.66. The average Bonchev–Trinajstić information content (AvgIpc) is 2.36. The third-order valence-electron chi connectivity index (χ3n) is 3.88. The van der Waals surface area contributed by atoms with Crippen LogP contribution in [0.1, 0.15) is 24.8 Å². The van der Waals surface area contributed by atoms with Crippen LogP contribution in [0, 0.1) is 0 Å². The van der Waals surface area contributed by atoms with Crippen molar-refractivity contribution in [2.75, 3.05) is 21.3 Å². The molecular weight excluding hydrogens is 328 g/mol. The molecule has 20 heavy (non-hydrogen) atoms. The van der Waals surface area contributed by atoms with Gasteiger partial charge in [0.15, 0.2) is 11.5 Å². The lowest BCUT2D eigenvalue weighted by molar-refractivity contribution is -0.147. The molecule has 0 unspecified atom stereocenters. The number of aliphatic carboxylic acids is 1. The van der Waals surface area contributed by atoms with E-state index >= 15 is 0 Å². The van der Waals surface area contributed by atoms with Gasteiger partial charge in [0.05, 0.1) is 31.4 Å². The van der Waals surface area contributed by atoms with Gasteiger partial charge in [-0.3, -0.25) is 4.79 Å². The van der Waals surface area contributed by atoms with Crippen molar-refractivity contribution in [3.63, 3.8) is 0 Å². The van der Waals surface area contributed by atoms with E-state index < -0.39 is 11.4 Å². The minimum Gasteiger partial charge on any atom is -0.495 e. The van der Waals surface area contributed by atoms with E-state index in [1.165, 1.54) is 21.3 Å². The quantitative estimate of drug-likeness (QED) is 0.889. The van der Waals surface area contributed by atoms with E-state index in [-0.39, 0.29) is 0 Å². The van der Waals surface area contributed by atoms with Crippen LogP contribution in [-0.4, -0.2) is 32.4 Å². The Morgan fingerprint density at radius 3 is 2.15 bits per heavy atom. The first-order chi connectivity index (χ1) is 9.51. The number of benzene rings is 1.